The van der Waals surface area contributed by atoms with Crippen molar-refractivity contribution in [2.75, 3.05) is 26.4 Å². The van der Waals surface area contributed by atoms with Crippen molar-refractivity contribution < 1.29 is 14.9 Å². The Morgan fingerprint density at radius 2 is 0.750 bits per heavy atom. The first-order valence-corrected chi connectivity index (χ1v) is 9.62. The molecule has 0 saturated carbocycles. The average molecular weight is 403 g/mol. The Labute approximate surface area is 179 Å². The number of hydrogen-bond donors (Lipinski definition) is 2. The summed E-state index contributed by atoms with van der Waals surface area (Å²) in [5.74, 6) is 0. The molecule has 3 heteroatoms. The molecule has 0 radical (unpaired) electrons. The summed E-state index contributed by atoms with van der Waals surface area (Å²) >= 11 is 0. The van der Waals surface area contributed by atoms with Crippen LogP contribution in [0.5, 0.6) is 0 Å². The molecule has 0 saturated heterocycles. The Hall–Kier alpha value is -1.68. The Morgan fingerprint density at radius 3 is 1.04 bits per heavy atom. The van der Waals surface area contributed by atoms with E-state index in [1.807, 2.05) is 0 Å². The van der Waals surface area contributed by atoms with Gasteiger partial charge in [0.1, 0.15) is 0 Å². The van der Waals surface area contributed by atoms with Crippen LogP contribution >= 0.6 is 0 Å². The summed E-state index contributed by atoms with van der Waals surface area (Å²) in [6, 6.07) is 0. The lowest BCUT2D eigenvalue weighted by Gasteiger charge is -2.02. The Bertz CT molecular complexity index is 136. The maximum atomic E-state index is 7.62. The van der Waals surface area contributed by atoms with Crippen LogP contribution in [0.15, 0.2) is 78.9 Å². The van der Waals surface area contributed by atoms with Gasteiger partial charge in [0.2, 0.25) is 0 Å². The predicted molar refractivity (Wildman–Crippen MR) is 136 cm³/mol. The van der Waals surface area contributed by atoms with Gasteiger partial charge in [0.25, 0.3) is 0 Å². The molecule has 0 spiro atoms. The average Bonchev–Trinajstić information content (AvgIpc) is 2.83. The van der Waals surface area contributed by atoms with Gasteiger partial charge in [-0.1, -0.05) is 46.0 Å². The monoisotopic (exact) mass is 402 g/mol. The molecule has 0 bridgehead atoms. The Balaban J connectivity index is -0.0000000348. The lowest BCUT2D eigenvalue weighted by molar-refractivity contribution is 0.127. The van der Waals surface area contributed by atoms with E-state index in [9.17, 15) is 0 Å². The highest BCUT2D eigenvalue weighted by atomic mass is 16.5. The van der Waals surface area contributed by atoms with Crippen LogP contribution in [0.25, 0.3) is 0 Å². The molecule has 0 aromatic rings. The van der Waals surface area contributed by atoms with E-state index in [0.717, 1.165) is 13.2 Å². The zero-order valence-corrected chi connectivity index (χ0v) is 19.6. The summed E-state index contributed by atoms with van der Waals surface area (Å²) in [5.41, 5.74) is 0. The van der Waals surface area contributed by atoms with Gasteiger partial charge < -0.3 is 14.9 Å². The van der Waals surface area contributed by atoms with E-state index >= 15 is 0 Å². The molecule has 0 amide bonds. The van der Waals surface area contributed by atoms with Crippen LogP contribution in [-0.2, 0) is 4.74 Å². The molecule has 172 valence electrons. The summed E-state index contributed by atoms with van der Waals surface area (Å²) in [5, 5.41) is 15.2. The summed E-state index contributed by atoms with van der Waals surface area (Å²) in [6.07, 6.45) is 9.16. The van der Waals surface area contributed by atoms with Crippen LogP contribution in [0.3, 0.4) is 0 Å². The highest BCUT2D eigenvalue weighted by Gasteiger charge is 1.89. The van der Waals surface area contributed by atoms with Crippen LogP contribution in [0.1, 0.15) is 58.8 Å². The maximum Gasteiger partial charge on any atom is 0.0662 e. The minimum absolute atomic E-state index is 0.125. The number of aliphatic hydroxyl groups is 2. The second kappa shape index (κ2) is 141. The fourth-order valence-electron chi connectivity index (χ4n) is 1.16. The van der Waals surface area contributed by atoms with Crippen molar-refractivity contribution in [3.05, 3.63) is 78.9 Å². The third-order valence-corrected chi connectivity index (χ3v) is 2.13. The van der Waals surface area contributed by atoms with E-state index < -0.39 is 0 Å². The van der Waals surface area contributed by atoms with Crippen molar-refractivity contribution in [3.63, 3.8) is 0 Å². The van der Waals surface area contributed by atoms with Gasteiger partial charge in [0.05, 0.1) is 13.2 Å². The van der Waals surface area contributed by atoms with E-state index in [1.54, 1.807) is 0 Å². The molecule has 28 heavy (non-hydrogen) atoms. The number of unbranched alkanes of at least 4 members (excludes halogenated alkanes) is 5. The molecule has 0 aliphatic carbocycles. The third kappa shape index (κ3) is 191. The van der Waals surface area contributed by atoms with Gasteiger partial charge in [-0.15, -0.1) is 78.9 Å². The van der Waals surface area contributed by atoms with Crippen molar-refractivity contribution in [3.8, 4) is 0 Å². The normalized spacial score (nSPS) is 6.43. The van der Waals surface area contributed by atoms with Gasteiger partial charge in [-0.25, -0.2) is 0 Å². The van der Waals surface area contributed by atoms with Gasteiger partial charge in [0.15, 0.2) is 0 Å². The molecule has 0 fully saturated rings. The van der Waals surface area contributed by atoms with Crippen LogP contribution in [0.4, 0.5) is 0 Å². The van der Waals surface area contributed by atoms with Crippen molar-refractivity contribution >= 4 is 0 Å². The second-order valence-corrected chi connectivity index (χ2v) is 3.83. The lowest BCUT2D eigenvalue weighted by atomic mass is 10.2. The van der Waals surface area contributed by atoms with Gasteiger partial charge in [-0.05, 0) is 12.8 Å². The van der Waals surface area contributed by atoms with Crippen LogP contribution in [0, 0.1) is 0 Å². The molecule has 0 aliphatic rings. The van der Waals surface area contributed by atoms with Crippen molar-refractivity contribution in [2.45, 2.75) is 58.8 Å². The second-order valence-electron chi connectivity index (χ2n) is 3.83. The molecule has 0 unspecified atom stereocenters. The Kier molecular flexibility index (Phi) is 252. The van der Waals surface area contributed by atoms with Crippen LogP contribution in [0.2, 0.25) is 0 Å². The van der Waals surface area contributed by atoms with E-state index in [1.165, 1.54) is 44.9 Å². The topological polar surface area (TPSA) is 49.7 Å². The first kappa shape index (κ1) is 50.3. The molecule has 0 rings (SSSR count). The molecule has 3 nitrogen and oxygen atoms in total. The molecule has 0 aliphatic heterocycles. The van der Waals surface area contributed by atoms with Crippen molar-refractivity contribution in [1.29, 1.82) is 0 Å². The number of aliphatic hydroxyl groups excluding tert-OH is 2. The SMILES string of the molecule is C=C.C=C.C=C.C=C.C=C.C=C.CCCCCCCOCCCC.OCCO. The molecule has 0 aromatic carbocycles. The standard InChI is InChI=1S/C11H24O.C2H6O2.6C2H4/c1-3-5-7-8-9-11-12-10-6-4-2;3-1-2-4;6*1-2/h3-11H2,1-2H3;3-4H,1-2H2;6*1-2H2. The summed E-state index contributed by atoms with van der Waals surface area (Å²) in [4.78, 5) is 0. The fraction of sp³-hybridized carbons (Fsp3) is 0.520. The van der Waals surface area contributed by atoms with Crippen molar-refractivity contribution in [1.82, 2.24) is 0 Å². The van der Waals surface area contributed by atoms with E-state index in [2.05, 4.69) is 92.8 Å². The number of ether oxygens (including phenoxy) is 1. The highest BCUT2D eigenvalue weighted by Crippen LogP contribution is 2.02. The highest BCUT2D eigenvalue weighted by molar-refractivity contribution is 4.41. The maximum absolute atomic E-state index is 7.62. The van der Waals surface area contributed by atoms with Gasteiger partial charge in [-0.3, -0.25) is 0 Å². The summed E-state index contributed by atoms with van der Waals surface area (Å²) in [7, 11) is 0. The minimum Gasteiger partial charge on any atom is -0.394 e. The van der Waals surface area contributed by atoms with Gasteiger partial charge >= 0.3 is 0 Å². The number of rotatable bonds is 10. The third-order valence-electron chi connectivity index (χ3n) is 2.13. The molecular weight excluding hydrogens is 348 g/mol. The van der Waals surface area contributed by atoms with E-state index in [0.29, 0.717) is 0 Å². The van der Waals surface area contributed by atoms with Gasteiger partial charge in [0, 0.05) is 13.2 Å². The predicted octanol–water partition coefficient (Wildman–Crippen LogP) is 7.56. The van der Waals surface area contributed by atoms with E-state index in [-0.39, 0.29) is 13.2 Å². The molecule has 0 heterocycles. The zero-order valence-electron chi connectivity index (χ0n) is 19.6. The first-order valence-electron chi connectivity index (χ1n) is 9.62. The van der Waals surface area contributed by atoms with Crippen molar-refractivity contribution in [2.24, 2.45) is 0 Å². The van der Waals surface area contributed by atoms with Gasteiger partial charge in [-0.2, -0.15) is 0 Å². The summed E-state index contributed by atoms with van der Waals surface area (Å²) < 4.78 is 5.45. The summed E-state index contributed by atoms with van der Waals surface area (Å²) in [6.45, 7) is 42.1. The smallest absolute Gasteiger partial charge is 0.0662 e. The Morgan fingerprint density at radius 1 is 0.464 bits per heavy atom. The lowest BCUT2D eigenvalue weighted by Crippen LogP contribution is -1.96. The van der Waals surface area contributed by atoms with Crippen LogP contribution < -0.4 is 0 Å². The fourth-order valence-corrected chi connectivity index (χ4v) is 1.16. The molecular formula is C25H54O3. The molecule has 0 aromatic heterocycles. The molecule has 2 N–H and O–H groups in total. The number of hydrogen-bond acceptors (Lipinski definition) is 3. The molecule has 0 atom stereocenters. The quantitative estimate of drug-likeness (QED) is 0.293. The largest absolute Gasteiger partial charge is 0.394 e. The zero-order chi connectivity index (χ0) is 24.5. The minimum atomic E-state index is -0.125. The van der Waals surface area contributed by atoms with E-state index in [4.69, 9.17) is 14.9 Å². The first-order chi connectivity index (χ1) is 13.8. The van der Waals surface area contributed by atoms with Crippen LogP contribution in [-0.4, -0.2) is 36.6 Å².